The van der Waals surface area contributed by atoms with Crippen molar-refractivity contribution in [2.45, 2.75) is 98.6 Å². The Morgan fingerprint density at radius 1 is 0.946 bits per heavy atom. The zero-order valence-electron chi connectivity index (χ0n) is 23.4. The number of nitrogens with two attached hydrogens (primary N) is 1. The second kappa shape index (κ2) is 15.9. The number of hydrogen-bond acceptors (Lipinski definition) is 4. The molecule has 0 aliphatic heterocycles. The van der Waals surface area contributed by atoms with Crippen molar-refractivity contribution in [2.75, 3.05) is 11.9 Å². The standard InChI is InChI=1S/C28H47N5O4/c1-7-10-20-12-14-21(15-13-20)31-25(35)22(11-8-9-18-30-27(29)37)32-26(36)24(19(2)3)33-23(34)16-17-28(4,5)6/h12-15,19,22,24H,7-11,16-18H2,1-6H3,(H,31,35)(H,32,36)(H,33,34)(H3,29,30,37)/t22-,24-/m0/s1. The van der Waals surface area contributed by atoms with Crippen LogP contribution in [0.2, 0.25) is 0 Å². The fraction of sp³-hybridized carbons (Fsp3) is 0.643. The van der Waals surface area contributed by atoms with Crippen LogP contribution in [-0.2, 0) is 20.8 Å². The molecular formula is C28H47N5O4. The molecule has 9 heteroatoms. The third-order valence-electron chi connectivity index (χ3n) is 5.98. The molecular weight excluding hydrogens is 470 g/mol. The minimum Gasteiger partial charge on any atom is -0.352 e. The third-order valence-corrected chi connectivity index (χ3v) is 5.98. The van der Waals surface area contributed by atoms with E-state index in [0.29, 0.717) is 44.3 Å². The van der Waals surface area contributed by atoms with Crippen LogP contribution in [0.3, 0.4) is 0 Å². The van der Waals surface area contributed by atoms with E-state index in [-0.39, 0.29) is 23.1 Å². The molecule has 1 rings (SSSR count). The first-order chi connectivity index (χ1) is 17.3. The summed E-state index contributed by atoms with van der Waals surface area (Å²) in [5.41, 5.74) is 6.95. The first kappa shape index (κ1) is 31.9. The van der Waals surface area contributed by atoms with Gasteiger partial charge in [0.1, 0.15) is 12.1 Å². The van der Waals surface area contributed by atoms with Crippen molar-refractivity contribution in [3.05, 3.63) is 29.8 Å². The fourth-order valence-corrected chi connectivity index (χ4v) is 3.76. The number of carbonyl (C=O) groups is 4. The number of benzene rings is 1. The van der Waals surface area contributed by atoms with Crippen LogP contribution < -0.4 is 27.0 Å². The van der Waals surface area contributed by atoms with Crippen molar-refractivity contribution in [3.8, 4) is 0 Å². The van der Waals surface area contributed by atoms with E-state index in [2.05, 4.69) is 49.0 Å². The molecule has 5 amide bonds. The average Bonchev–Trinajstić information content (AvgIpc) is 2.80. The molecule has 0 spiro atoms. The van der Waals surface area contributed by atoms with Gasteiger partial charge in [0.25, 0.3) is 0 Å². The van der Waals surface area contributed by atoms with Crippen molar-refractivity contribution in [1.82, 2.24) is 16.0 Å². The molecule has 0 unspecified atom stereocenters. The number of hydrogen-bond donors (Lipinski definition) is 5. The molecule has 37 heavy (non-hydrogen) atoms. The minimum absolute atomic E-state index is 0.00816. The van der Waals surface area contributed by atoms with E-state index in [1.807, 2.05) is 38.1 Å². The van der Waals surface area contributed by atoms with Crippen LogP contribution in [0.1, 0.15) is 85.6 Å². The molecule has 0 heterocycles. The Hall–Kier alpha value is -3.10. The smallest absolute Gasteiger partial charge is 0.312 e. The molecule has 0 aliphatic carbocycles. The van der Waals surface area contributed by atoms with Gasteiger partial charge in [0, 0.05) is 18.7 Å². The zero-order valence-corrected chi connectivity index (χ0v) is 23.4. The maximum Gasteiger partial charge on any atom is 0.312 e. The van der Waals surface area contributed by atoms with E-state index in [4.69, 9.17) is 5.73 Å². The number of aryl methyl sites for hydroxylation is 1. The number of amides is 5. The number of anilines is 1. The van der Waals surface area contributed by atoms with E-state index in [1.54, 1.807) is 0 Å². The van der Waals surface area contributed by atoms with Gasteiger partial charge in [-0.15, -0.1) is 0 Å². The van der Waals surface area contributed by atoms with Crippen molar-refractivity contribution in [3.63, 3.8) is 0 Å². The summed E-state index contributed by atoms with van der Waals surface area (Å²) in [6, 6.07) is 5.50. The number of rotatable bonds is 15. The van der Waals surface area contributed by atoms with Crippen molar-refractivity contribution in [2.24, 2.45) is 17.1 Å². The van der Waals surface area contributed by atoms with Crippen molar-refractivity contribution in [1.29, 1.82) is 0 Å². The molecule has 0 saturated heterocycles. The van der Waals surface area contributed by atoms with Crippen LogP contribution in [0, 0.1) is 11.3 Å². The SMILES string of the molecule is CCCc1ccc(NC(=O)[C@H](CCCCNC(N)=O)NC(=O)[C@@H](NC(=O)CCC(C)(C)C)C(C)C)cc1. The first-order valence-corrected chi connectivity index (χ1v) is 13.3. The highest BCUT2D eigenvalue weighted by atomic mass is 16.2. The molecule has 9 nitrogen and oxygen atoms in total. The van der Waals surface area contributed by atoms with Crippen molar-refractivity contribution < 1.29 is 19.2 Å². The van der Waals surface area contributed by atoms with Crippen LogP contribution in [0.5, 0.6) is 0 Å². The summed E-state index contributed by atoms with van der Waals surface area (Å²) >= 11 is 0. The number of primary amides is 1. The minimum atomic E-state index is -0.802. The molecule has 1 aromatic carbocycles. The quantitative estimate of drug-likeness (QED) is 0.225. The van der Waals surface area contributed by atoms with E-state index < -0.39 is 24.0 Å². The second-order valence-electron chi connectivity index (χ2n) is 11.1. The number of carbonyl (C=O) groups excluding carboxylic acids is 4. The van der Waals surface area contributed by atoms with Gasteiger partial charge in [0.05, 0.1) is 0 Å². The monoisotopic (exact) mass is 517 g/mol. The summed E-state index contributed by atoms with van der Waals surface area (Å²) in [5.74, 6) is -1.07. The molecule has 0 saturated carbocycles. The molecule has 0 fully saturated rings. The molecule has 208 valence electrons. The van der Waals surface area contributed by atoms with E-state index >= 15 is 0 Å². The summed E-state index contributed by atoms with van der Waals surface area (Å²) in [7, 11) is 0. The molecule has 0 radical (unpaired) electrons. The lowest BCUT2D eigenvalue weighted by Crippen LogP contribution is -2.54. The lowest BCUT2D eigenvalue weighted by Gasteiger charge is -2.26. The highest BCUT2D eigenvalue weighted by molar-refractivity contribution is 5.98. The largest absolute Gasteiger partial charge is 0.352 e. The molecule has 0 bridgehead atoms. The highest BCUT2D eigenvalue weighted by Gasteiger charge is 2.29. The Morgan fingerprint density at radius 2 is 1.59 bits per heavy atom. The van der Waals surface area contributed by atoms with Gasteiger partial charge in [0.2, 0.25) is 17.7 Å². The van der Waals surface area contributed by atoms with Crippen LogP contribution in [0.15, 0.2) is 24.3 Å². The lowest BCUT2D eigenvalue weighted by molar-refractivity contribution is -0.132. The van der Waals surface area contributed by atoms with E-state index in [1.165, 1.54) is 5.56 Å². The Balaban J connectivity index is 2.89. The number of unbranched alkanes of at least 4 members (excludes halogenated alkanes) is 1. The molecule has 2 atom stereocenters. The molecule has 0 aromatic heterocycles. The topological polar surface area (TPSA) is 142 Å². The summed E-state index contributed by atoms with van der Waals surface area (Å²) in [6.07, 6.45) is 4.58. The molecule has 1 aromatic rings. The highest BCUT2D eigenvalue weighted by Crippen LogP contribution is 2.20. The maximum atomic E-state index is 13.2. The van der Waals surface area contributed by atoms with Gasteiger partial charge in [-0.05, 0) is 61.1 Å². The van der Waals surface area contributed by atoms with Gasteiger partial charge in [0.15, 0.2) is 0 Å². The van der Waals surface area contributed by atoms with Gasteiger partial charge in [-0.1, -0.05) is 60.1 Å². The Morgan fingerprint density at radius 3 is 2.14 bits per heavy atom. The van der Waals surface area contributed by atoms with Gasteiger partial charge < -0.3 is 27.0 Å². The normalized spacial score (nSPS) is 12.9. The Kier molecular flexibility index (Phi) is 13.7. The summed E-state index contributed by atoms with van der Waals surface area (Å²) in [6.45, 7) is 12.4. The van der Waals surface area contributed by atoms with Gasteiger partial charge in [-0.25, -0.2) is 4.79 Å². The van der Waals surface area contributed by atoms with Crippen LogP contribution in [0.25, 0.3) is 0 Å². The first-order valence-electron chi connectivity index (χ1n) is 13.3. The fourth-order valence-electron chi connectivity index (χ4n) is 3.76. The van der Waals surface area contributed by atoms with E-state index in [9.17, 15) is 19.2 Å². The lowest BCUT2D eigenvalue weighted by atomic mass is 9.90. The summed E-state index contributed by atoms with van der Waals surface area (Å²) in [5, 5.41) is 11.1. The van der Waals surface area contributed by atoms with Gasteiger partial charge in [-0.3, -0.25) is 14.4 Å². The van der Waals surface area contributed by atoms with Crippen LogP contribution in [0.4, 0.5) is 10.5 Å². The predicted molar refractivity (Wildman–Crippen MR) is 148 cm³/mol. The van der Waals surface area contributed by atoms with Gasteiger partial charge >= 0.3 is 6.03 Å². The Labute approximate surface area is 222 Å². The number of urea groups is 1. The Bertz CT molecular complexity index is 878. The summed E-state index contributed by atoms with van der Waals surface area (Å²) in [4.78, 5) is 49.8. The zero-order chi connectivity index (χ0) is 28.0. The third kappa shape index (κ3) is 13.7. The van der Waals surface area contributed by atoms with Gasteiger partial charge in [-0.2, -0.15) is 0 Å². The molecule has 0 aliphatic rings. The average molecular weight is 518 g/mol. The molecule has 6 N–H and O–H groups in total. The second-order valence-corrected chi connectivity index (χ2v) is 11.1. The number of nitrogens with one attached hydrogen (secondary N) is 4. The van der Waals surface area contributed by atoms with Crippen LogP contribution >= 0.6 is 0 Å². The van der Waals surface area contributed by atoms with E-state index in [0.717, 1.165) is 12.8 Å². The maximum absolute atomic E-state index is 13.2. The predicted octanol–water partition coefficient (Wildman–Crippen LogP) is 3.87. The van der Waals surface area contributed by atoms with Crippen molar-refractivity contribution >= 4 is 29.4 Å². The summed E-state index contributed by atoms with van der Waals surface area (Å²) < 4.78 is 0. The van der Waals surface area contributed by atoms with Crippen LogP contribution in [-0.4, -0.2) is 42.4 Å².